The van der Waals surface area contributed by atoms with Gasteiger partial charge in [0.15, 0.2) is 0 Å². The third-order valence-corrected chi connectivity index (χ3v) is 3.39. The standard InChI is InChI=1S/C13H21N5O2/c1-17-8-10(15-9-17)5-6-14-13(20)16-11-4-3-7-18(2)12(11)19/h8-9,11H,3-7H2,1-2H3,(H2,14,16,20). The molecular formula is C13H21N5O2. The van der Waals surface area contributed by atoms with Gasteiger partial charge in [-0.2, -0.15) is 0 Å². The highest BCUT2D eigenvalue weighted by Gasteiger charge is 2.27. The number of carbonyl (C=O) groups is 2. The van der Waals surface area contributed by atoms with Gasteiger partial charge in [0, 0.05) is 39.8 Å². The second kappa shape index (κ2) is 6.40. The molecule has 1 aromatic rings. The lowest BCUT2D eigenvalue weighted by Gasteiger charge is -2.29. The van der Waals surface area contributed by atoms with Crippen LogP contribution in [0.5, 0.6) is 0 Å². The van der Waals surface area contributed by atoms with E-state index in [4.69, 9.17) is 0 Å². The van der Waals surface area contributed by atoms with Crippen LogP contribution in [0.4, 0.5) is 4.79 Å². The van der Waals surface area contributed by atoms with Crippen LogP contribution in [0, 0.1) is 0 Å². The normalized spacial score (nSPS) is 19.0. The first-order valence-electron chi connectivity index (χ1n) is 6.82. The van der Waals surface area contributed by atoms with Crippen LogP contribution in [-0.4, -0.2) is 52.6 Å². The van der Waals surface area contributed by atoms with Crippen LogP contribution >= 0.6 is 0 Å². The number of likely N-dealkylation sites (N-methyl/N-ethyl adjacent to an activating group) is 1. The summed E-state index contributed by atoms with van der Waals surface area (Å²) >= 11 is 0. The van der Waals surface area contributed by atoms with Gasteiger partial charge in [0.25, 0.3) is 0 Å². The Bertz CT molecular complexity index is 485. The number of nitrogens with zero attached hydrogens (tertiary/aromatic N) is 3. The van der Waals surface area contributed by atoms with Crippen molar-refractivity contribution in [1.29, 1.82) is 0 Å². The van der Waals surface area contributed by atoms with Gasteiger partial charge in [0.2, 0.25) is 5.91 Å². The van der Waals surface area contributed by atoms with Gasteiger partial charge in [0.1, 0.15) is 6.04 Å². The summed E-state index contributed by atoms with van der Waals surface area (Å²) in [6.07, 6.45) is 5.94. The number of imidazole rings is 1. The predicted molar refractivity (Wildman–Crippen MR) is 74.1 cm³/mol. The quantitative estimate of drug-likeness (QED) is 0.806. The highest BCUT2D eigenvalue weighted by molar-refractivity contribution is 5.87. The van der Waals surface area contributed by atoms with E-state index in [1.165, 1.54) is 0 Å². The molecule has 1 saturated heterocycles. The number of rotatable bonds is 4. The van der Waals surface area contributed by atoms with Crippen molar-refractivity contribution in [2.45, 2.75) is 25.3 Å². The number of hydrogen-bond donors (Lipinski definition) is 2. The van der Waals surface area contributed by atoms with E-state index < -0.39 is 6.04 Å². The molecule has 3 amide bonds. The van der Waals surface area contributed by atoms with Crippen molar-refractivity contribution in [2.75, 3.05) is 20.1 Å². The summed E-state index contributed by atoms with van der Waals surface area (Å²) in [6.45, 7) is 1.26. The summed E-state index contributed by atoms with van der Waals surface area (Å²) in [4.78, 5) is 29.4. The van der Waals surface area contributed by atoms with E-state index in [0.717, 1.165) is 18.7 Å². The fourth-order valence-electron chi connectivity index (χ4n) is 2.28. The summed E-state index contributed by atoms with van der Waals surface area (Å²) in [5.74, 6) is -0.0175. The molecule has 7 nitrogen and oxygen atoms in total. The molecule has 1 fully saturated rings. The van der Waals surface area contributed by atoms with E-state index in [0.29, 0.717) is 19.4 Å². The zero-order chi connectivity index (χ0) is 14.5. The molecule has 1 aliphatic heterocycles. The van der Waals surface area contributed by atoms with Crippen molar-refractivity contribution in [1.82, 2.24) is 25.1 Å². The van der Waals surface area contributed by atoms with Crippen molar-refractivity contribution in [3.63, 3.8) is 0 Å². The molecule has 1 aromatic heterocycles. The smallest absolute Gasteiger partial charge is 0.315 e. The molecule has 20 heavy (non-hydrogen) atoms. The van der Waals surface area contributed by atoms with Crippen molar-refractivity contribution < 1.29 is 9.59 Å². The van der Waals surface area contributed by atoms with Crippen molar-refractivity contribution in [2.24, 2.45) is 7.05 Å². The molecule has 0 saturated carbocycles. The number of likely N-dealkylation sites (tertiary alicyclic amines) is 1. The lowest BCUT2D eigenvalue weighted by atomic mass is 10.1. The number of nitrogens with one attached hydrogen (secondary N) is 2. The van der Waals surface area contributed by atoms with E-state index in [1.807, 2.05) is 17.8 Å². The Hall–Kier alpha value is -2.05. The van der Waals surface area contributed by atoms with Gasteiger partial charge in [-0.15, -0.1) is 0 Å². The Labute approximate surface area is 118 Å². The maximum Gasteiger partial charge on any atom is 0.315 e. The van der Waals surface area contributed by atoms with E-state index in [2.05, 4.69) is 15.6 Å². The molecular weight excluding hydrogens is 258 g/mol. The summed E-state index contributed by atoms with van der Waals surface area (Å²) in [5.41, 5.74) is 0.932. The number of amides is 3. The number of aryl methyl sites for hydroxylation is 1. The van der Waals surface area contributed by atoms with Crippen LogP contribution in [0.1, 0.15) is 18.5 Å². The van der Waals surface area contributed by atoms with Crippen LogP contribution < -0.4 is 10.6 Å². The molecule has 2 N–H and O–H groups in total. The van der Waals surface area contributed by atoms with Gasteiger partial charge >= 0.3 is 6.03 Å². The van der Waals surface area contributed by atoms with E-state index >= 15 is 0 Å². The van der Waals surface area contributed by atoms with Gasteiger partial charge in [0.05, 0.1) is 12.0 Å². The Morgan fingerprint density at radius 1 is 1.50 bits per heavy atom. The molecule has 1 aliphatic rings. The van der Waals surface area contributed by atoms with Crippen LogP contribution in [-0.2, 0) is 18.3 Å². The van der Waals surface area contributed by atoms with Gasteiger partial charge in [-0.3, -0.25) is 4.79 Å². The summed E-state index contributed by atoms with van der Waals surface area (Å²) in [7, 11) is 3.66. The Balaban J connectivity index is 1.71. The number of aromatic nitrogens is 2. The molecule has 110 valence electrons. The maximum atomic E-state index is 11.8. The van der Waals surface area contributed by atoms with Crippen molar-refractivity contribution >= 4 is 11.9 Å². The van der Waals surface area contributed by atoms with E-state index in [-0.39, 0.29) is 11.9 Å². The zero-order valence-corrected chi connectivity index (χ0v) is 11.9. The van der Waals surface area contributed by atoms with Crippen LogP contribution in [0.25, 0.3) is 0 Å². The molecule has 0 aliphatic carbocycles. The topological polar surface area (TPSA) is 79.3 Å². The minimum absolute atomic E-state index is 0.0175. The van der Waals surface area contributed by atoms with Gasteiger partial charge in [-0.25, -0.2) is 9.78 Å². The molecule has 1 atom stereocenters. The van der Waals surface area contributed by atoms with Crippen LogP contribution in [0.3, 0.4) is 0 Å². The molecule has 0 spiro atoms. The first-order valence-corrected chi connectivity index (χ1v) is 6.82. The van der Waals surface area contributed by atoms with E-state index in [1.54, 1.807) is 18.3 Å². The lowest BCUT2D eigenvalue weighted by Crippen LogP contribution is -2.53. The Morgan fingerprint density at radius 3 is 3.00 bits per heavy atom. The largest absolute Gasteiger partial charge is 0.344 e. The SMILES string of the molecule is CN1CCCC(NC(=O)NCCc2cn(C)cn2)C1=O. The van der Waals surface area contributed by atoms with Crippen LogP contribution in [0.2, 0.25) is 0 Å². The molecule has 7 heteroatoms. The second-order valence-electron chi connectivity index (χ2n) is 5.14. The van der Waals surface area contributed by atoms with Gasteiger partial charge < -0.3 is 20.1 Å². The average molecular weight is 279 g/mol. The van der Waals surface area contributed by atoms with Crippen molar-refractivity contribution in [3.8, 4) is 0 Å². The lowest BCUT2D eigenvalue weighted by molar-refractivity contribution is -0.134. The fraction of sp³-hybridized carbons (Fsp3) is 0.615. The monoisotopic (exact) mass is 279 g/mol. The zero-order valence-electron chi connectivity index (χ0n) is 11.9. The fourth-order valence-corrected chi connectivity index (χ4v) is 2.28. The van der Waals surface area contributed by atoms with E-state index in [9.17, 15) is 9.59 Å². The summed E-state index contributed by atoms with van der Waals surface area (Å²) < 4.78 is 1.87. The summed E-state index contributed by atoms with van der Waals surface area (Å²) in [5, 5.41) is 5.48. The second-order valence-corrected chi connectivity index (χ2v) is 5.14. The molecule has 2 rings (SSSR count). The minimum atomic E-state index is -0.399. The molecule has 2 heterocycles. The molecule has 0 bridgehead atoms. The first kappa shape index (κ1) is 14.4. The number of carbonyl (C=O) groups excluding carboxylic acids is 2. The summed E-state index contributed by atoms with van der Waals surface area (Å²) in [6, 6.07) is -0.696. The van der Waals surface area contributed by atoms with Gasteiger partial charge in [-0.05, 0) is 12.8 Å². The van der Waals surface area contributed by atoms with Gasteiger partial charge in [-0.1, -0.05) is 0 Å². The highest BCUT2D eigenvalue weighted by Crippen LogP contribution is 2.09. The van der Waals surface area contributed by atoms with Crippen LogP contribution in [0.15, 0.2) is 12.5 Å². The Morgan fingerprint density at radius 2 is 2.30 bits per heavy atom. The molecule has 0 aromatic carbocycles. The number of piperidine rings is 1. The van der Waals surface area contributed by atoms with Crippen molar-refractivity contribution in [3.05, 3.63) is 18.2 Å². The minimum Gasteiger partial charge on any atom is -0.344 e. The predicted octanol–water partition coefficient (Wildman–Crippen LogP) is -0.117. The molecule has 0 radical (unpaired) electrons. The number of hydrogen-bond acceptors (Lipinski definition) is 3. The third kappa shape index (κ3) is 3.72. The first-order chi connectivity index (χ1) is 9.56. The highest BCUT2D eigenvalue weighted by atomic mass is 16.2. The third-order valence-electron chi connectivity index (χ3n) is 3.39. The molecule has 1 unspecified atom stereocenters. The maximum absolute atomic E-state index is 11.8. The number of urea groups is 1. The Kier molecular flexibility index (Phi) is 4.60. The average Bonchev–Trinajstić information content (AvgIpc) is 2.81.